The van der Waals surface area contributed by atoms with E-state index in [2.05, 4.69) is 5.32 Å². The van der Waals surface area contributed by atoms with Crippen LogP contribution in [0.4, 0.5) is 8.78 Å². The van der Waals surface area contributed by atoms with E-state index in [1.165, 1.54) is 25.3 Å². The number of nitrogens with one attached hydrogen (secondary N) is 1. The maximum atomic E-state index is 13.7. The number of benzene rings is 2. The molecule has 2 rings (SSSR count). The van der Waals surface area contributed by atoms with Crippen LogP contribution in [-0.4, -0.2) is 18.8 Å². The van der Waals surface area contributed by atoms with E-state index in [1.54, 1.807) is 31.2 Å². The van der Waals surface area contributed by atoms with Gasteiger partial charge in [-0.2, -0.15) is 0 Å². The van der Waals surface area contributed by atoms with Crippen LogP contribution in [0.5, 0.6) is 5.75 Å². The fourth-order valence-corrected chi connectivity index (χ4v) is 2.77. The third-order valence-electron chi connectivity index (χ3n) is 3.25. The number of thioether (sulfide) groups is 1. The number of halogens is 2. The van der Waals surface area contributed by atoms with Gasteiger partial charge in [-0.05, 0) is 36.8 Å². The fraction of sp³-hybridized carbons (Fsp3) is 0.235. The van der Waals surface area contributed by atoms with Crippen LogP contribution in [0.2, 0.25) is 0 Å². The van der Waals surface area contributed by atoms with Gasteiger partial charge in [-0.25, -0.2) is 8.78 Å². The van der Waals surface area contributed by atoms with Gasteiger partial charge in [-0.3, -0.25) is 4.79 Å². The Morgan fingerprint density at radius 2 is 1.96 bits per heavy atom. The molecule has 0 saturated heterocycles. The molecule has 0 bridgehead atoms. The van der Waals surface area contributed by atoms with Crippen LogP contribution in [0, 0.1) is 11.6 Å². The molecule has 0 radical (unpaired) electrons. The maximum absolute atomic E-state index is 13.7. The Morgan fingerprint density at radius 3 is 2.61 bits per heavy atom. The van der Waals surface area contributed by atoms with Gasteiger partial charge in [0, 0.05) is 4.90 Å². The van der Waals surface area contributed by atoms with Gasteiger partial charge in [-0.15, -0.1) is 11.8 Å². The fourth-order valence-electron chi connectivity index (χ4n) is 2.02. The van der Waals surface area contributed by atoms with Crippen molar-refractivity contribution >= 4 is 17.7 Å². The summed E-state index contributed by atoms with van der Waals surface area (Å²) in [7, 11) is 1.39. The van der Waals surface area contributed by atoms with Crippen LogP contribution < -0.4 is 10.1 Å². The first-order valence-corrected chi connectivity index (χ1v) is 8.00. The highest BCUT2D eigenvalue weighted by atomic mass is 32.2. The van der Waals surface area contributed by atoms with Gasteiger partial charge < -0.3 is 10.1 Å². The Morgan fingerprint density at radius 1 is 1.22 bits per heavy atom. The largest absolute Gasteiger partial charge is 0.494 e. The number of rotatable bonds is 6. The van der Waals surface area contributed by atoms with Gasteiger partial charge in [0.15, 0.2) is 11.6 Å². The smallest absolute Gasteiger partial charge is 0.230 e. The van der Waals surface area contributed by atoms with Gasteiger partial charge in [0.2, 0.25) is 5.91 Å². The molecule has 1 unspecified atom stereocenters. The Bertz CT molecular complexity index is 694. The van der Waals surface area contributed by atoms with Gasteiger partial charge in [0.1, 0.15) is 5.82 Å². The van der Waals surface area contributed by atoms with Crippen molar-refractivity contribution in [3.05, 3.63) is 59.7 Å². The molecule has 0 aromatic heterocycles. The standard InChI is InChI=1S/C17H17F2NO2S/c1-11(12-7-8-15(22-2)14(19)9-12)20-17(21)10-23-16-6-4-3-5-13(16)18/h3-9,11H,10H2,1-2H3,(H,20,21). The minimum absolute atomic E-state index is 0.0872. The lowest BCUT2D eigenvalue weighted by Crippen LogP contribution is -2.28. The zero-order valence-corrected chi connectivity index (χ0v) is 13.6. The molecular weight excluding hydrogens is 320 g/mol. The zero-order chi connectivity index (χ0) is 16.8. The van der Waals surface area contributed by atoms with Crippen molar-refractivity contribution < 1.29 is 18.3 Å². The van der Waals surface area contributed by atoms with Crippen LogP contribution in [-0.2, 0) is 4.79 Å². The molecular formula is C17H17F2NO2S. The number of hydrogen-bond donors (Lipinski definition) is 1. The van der Waals surface area contributed by atoms with E-state index in [0.717, 1.165) is 11.8 Å². The predicted octanol–water partition coefficient (Wildman–Crippen LogP) is 3.94. The highest BCUT2D eigenvalue weighted by Crippen LogP contribution is 2.23. The van der Waals surface area contributed by atoms with Crippen LogP contribution in [0.1, 0.15) is 18.5 Å². The van der Waals surface area contributed by atoms with Crippen LogP contribution >= 0.6 is 11.8 Å². The number of hydrogen-bond acceptors (Lipinski definition) is 3. The van der Waals surface area contributed by atoms with Gasteiger partial charge in [-0.1, -0.05) is 18.2 Å². The molecule has 2 aromatic rings. The van der Waals surface area contributed by atoms with Gasteiger partial charge in [0.25, 0.3) is 0 Å². The Balaban J connectivity index is 1.92. The lowest BCUT2D eigenvalue weighted by atomic mass is 10.1. The lowest BCUT2D eigenvalue weighted by Gasteiger charge is -2.15. The highest BCUT2D eigenvalue weighted by molar-refractivity contribution is 8.00. The second-order valence-electron chi connectivity index (χ2n) is 4.90. The molecule has 0 aliphatic heterocycles. The molecule has 1 N–H and O–H groups in total. The molecule has 6 heteroatoms. The number of carbonyl (C=O) groups is 1. The molecule has 122 valence electrons. The van der Waals surface area contributed by atoms with Crippen LogP contribution in [0.15, 0.2) is 47.4 Å². The summed E-state index contributed by atoms with van der Waals surface area (Å²) in [6, 6.07) is 10.5. The number of carbonyl (C=O) groups excluding carboxylic acids is 1. The Kier molecular flexibility index (Phi) is 5.98. The predicted molar refractivity (Wildman–Crippen MR) is 86.6 cm³/mol. The molecule has 23 heavy (non-hydrogen) atoms. The summed E-state index contributed by atoms with van der Waals surface area (Å²) < 4.78 is 32.0. The first-order chi connectivity index (χ1) is 11.0. The summed E-state index contributed by atoms with van der Waals surface area (Å²) in [5, 5.41) is 2.76. The van der Waals surface area contributed by atoms with Gasteiger partial charge >= 0.3 is 0 Å². The first-order valence-electron chi connectivity index (χ1n) is 7.01. The number of ether oxygens (including phenoxy) is 1. The van der Waals surface area contributed by atoms with E-state index in [0.29, 0.717) is 10.5 Å². The van der Waals surface area contributed by atoms with Crippen LogP contribution in [0.3, 0.4) is 0 Å². The number of amides is 1. The summed E-state index contributed by atoms with van der Waals surface area (Å²) in [6.07, 6.45) is 0. The zero-order valence-electron chi connectivity index (χ0n) is 12.8. The average molecular weight is 337 g/mol. The van der Waals surface area contributed by atoms with Crippen molar-refractivity contribution in [2.45, 2.75) is 17.9 Å². The van der Waals surface area contributed by atoms with Gasteiger partial charge in [0.05, 0.1) is 18.9 Å². The molecule has 3 nitrogen and oxygen atoms in total. The second-order valence-corrected chi connectivity index (χ2v) is 5.92. The normalized spacial score (nSPS) is 11.8. The highest BCUT2D eigenvalue weighted by Gasteiger charge is 2.13. The SMILES string of the molecule is COc1ccc(C(C)NC(=O)CSc2ccccc2F)cc1F. The average Bonchev–Trinajstić information content (AvgIpc) is 2.54. The molecule has 0 spiro atoms. The van der Waals surface area contributed by atoms with E-state index in [9.17, 15) is 13.6 Å². The molecule has 0 heterocycles. The Hall–Kier alpha value is -2.08. The van der Waals surface area contributed by atoms with E-state index in [-0.39, 0.29) is 29.3 Å². The van der Waals surface area contributed by atoms with Crippen molar-refractivity contribution in [3.8, 4) is 5.75 Å². The van der Waals surface area contributed by atoms with Crippen LogP contribution in [0.25, 0.3) is 0 Å². The minimum atomic E-state index is -0.480. The first kappa shape index (κ1) is 17.3. The third kappa shape index (κ3) is 4.69. The van der Waals surface area contributed by atoms with E-state index in [4.69, 9.17) is 4.74 Å². The minimum Gasteiger partial charge on any atom is -0.494 e. The summed E-state index contributed by atoms with van der Waals surface area (Å²) in [4.78, 5) is 12.4. The summed E-state index contributed by atoms with van der Waals surface area (Å²) in [6.45, 7) is 1.76. The lowest BCUT2D eigenvalue weighted by molar-refractivity contribution is -0.119. The molecule has 2 aromatic carbocycles. The summed E-state index contributed by atoms with van der Waals surface area (Å²) in [5.41, 5.74) is 0.632. The molecule has 1 atom stereocenters. The topological polar surface area (TPSA) is 38.3 Å². The van der Waals surface area contributed by atoms with Crippen molar-refractivity contribution in [1.82, 2.24) is 5.32 Å². The molecule has 0 aliphatic carbocycles. The quantitative estimate of drug-likeness (QED) is 0.812. The molecule has 0 fully saturated rings. The molecule has 1 amide bonds. The van der Waals surface area contributed by atoms with E-state index in [1.807, 2.05) is 0 Å². The van der Waals surface area contributed by atoms with Crippen molar-refractivity contribution in [2.75, 3.05) is 12.9 Å². The van der Waals surface area contributed by atoms with Crippen molar-refractivity contribution in [3.63, 3.8) is 0 Å². The Labute approximate surface area is 138 Å². The van der Waals surface area contributed by atoms with E-state index < -0.39 is 5.82 Å². The summed E-state index contributed by atoms with van der Waals surface area (Å²) >= 11 is 1.12. The summed E-state index contributed by atoms with van der Waals surface area (Å²) in [5.74, 6) is -0.837. The number of methoxy groups -OCH3 is 1. The molecule has 0 saturated carbocycles. The van der Waals surface area contributed by atoms with Crippen molar-refractivity contribution in [2.24, 2.45) is 0 Å². The second kappa shape index (κ2) is 7.97. The van der Waals surface area contributed by atoms with E-state index >= 15 is 0 Å². The maximum Gasteiger partial charge on any atom is 0.230 e. The van der Waals surface area contributed by atoms with Crippen molar-refractivity contribution in [1.29, 1.82) is 0 Å². The monoisotopic (exact) mass is 337 g/mol. The molecule has 0 aliphatic rings. The third-order valence-corrected chi connectivity index (χ3v) is 4.30.